The molecule has 1 unspecified atom stereocenters. The summed E-state index contributed by atoms with van der Waals surface area (Å²) < 4.78 is 0. The maximum Gasteiger partial charge on any atom is 0.263 e. The van der Waals surface area contributed by atoms with Gasteiger partial charge in [0.2, 0.25) is 0 Å². The zero-order chi connectivity index (χ0) is 12.8. The Morgan fingerprint density at radius 1 is 1.53 bits per heavy atom. The number of carbonyl (C=O) groups excluding carboxylic acids is 1. The molecule has 96 valence electrons. The van der Waals surface area contributed by atoms with Gasteiger partial charge in [0, 0.05) is 11.4 Å². The van der Waals surface area contributed by atoms with Crippen molar-refractivity contribution >= 4 is 33.2 Å². The van der Waals surface area contributed by atoms with Crippen molar-refractivity contribution in [2.45, 2.75) is 38.4 Å². The highest BCUT2D eigenvalue weighted by Gasteiger charge is 2.17. The number of hydrogen-bond donors (Lipinski definition) is 1. The highest BCUT2D eigenvalue weighted by molar-refractivity contribution is 9.09. The van der Waals surface area contributed by atoms with Crippen LogP contribution in [0.2, 0.25) is 0 Å². The Morgan fingerprint density at radius 2 is 2.18 bits per heavy atom. The lowest BCUT2D eigenvalue weighted by atomic mass is 9.99. The van der Waals surface area contributed by atoms with Gasteiger partial charge in [-0.2, -0.15) is 0 Å². The lowest BCUT2D eigenvalue weighted by Gasteiger charge is -2.19. The first-order valence-electron chi connectivity index (χ1n) is 5.92. The van der Waals surface area contributed by atoms with E-state index in [9.17, 15) is 4.79 Å². The van der Waals surface area contributed by atoms with E-state index < -0.39 is 0 Å². The summed E-state index contributed by atoms with van der Waals surface area (Å²) in [6.45, 7) is 6.88. The zero-order valence-corrected chi connectivity index (χ0v) is 12.9. The molecule has 1 atom stereocenters. The fraction of sp³-hybridized carbons (Fsp3) is 0.667. The van der Waals surface area contributed by atoms with Crippen LogP contribution in [0.15, 0.2) is 5.51 Å². The largest absolute Gasteiger partial charge is 0.350 e. The first-order chi connectivity index (χ1) is 8.10. The molecule has 1 aromatic rings. The summed E-state index contributed by atoms with van der Waals surface area (Å²) >= 11 is 5.04. The van der Waals surface area contributed by atoms with Gasteiger partial charge >= 0.3 is 0 Å². The number of thiazole rings is 1. The number of rotatable bonds is 6. The number of aryl methyl sites for hydroxylation is 1. The van der Waals surface area contributed by atoms with Gasteiger partial charge in [-0.05, 0) is 12.8 Å². The van der Waals surface area contributed by atoms with Crippen LogP contribution in [0, 0.1) is 12.8 Å². The lowest BCUT2D eigenvalue weighted by molar-refractivity contribution is 0.0955. The third-order valence-corrected chi connectivity index (χ3v) is 4.97. The number of carbonyl (C=O) groups is 1. The van der Waals surface area contributed by atoms with Crippen molar-refractivity contribution in [2.24, 2.45) is 5.92 Å². The molecule has 3 nitrogen and oxygen atoms in total. The molecule has 0 aliphatic heterocycles. The second-order valence-electron chi connectivity index (χ2n) is 4.07. The Morgan fingerprint density at radius 3 is 2.65 bits per heavy atom. The van der Waals surface area contributed by atoms with Crippen molar-refractivity contribution in [1.82, 2.24) is 10.3 Å². The molecule has 5 heteroatoms. The maximum absolute atomic E-state index is 11.9. The first-order valence-corrected chi connectivity index (χ1v) is 7.72. The number of nitrogens with zero attached hydrogens (tertiary/aromatic N) is 1. The molecule has 0 aromatic carbocycles. The molecule has 0 aliphatic carbocycles. The molecule has 0 spiro atoms. The Labute approximate surface area is 115 Å². The Hall–Kier alpha value is -0.420. The lowest BCUT2D eigenvalue weighted by Crippen LogP contribution is -2.32. The number of halogens is 1. The van der Waals surface area contributed by atoms with Gasteiger partial charge in [0.25, 0.3) is 5.91 Å². The minimum atomic E-state index is -0.0135. The van der Waals surface area contributed by atoms with Crippen LogP contribution in [0.3, 0.4) is 0 Å². The van der Waals surface area contributed by atoms with Crippen LogP contribution in [0.4, 0.5) is 0 Å². The predicted octanol–water partition coefficient (Wildman–Crippen LogP) is 3.38. The van der Waals surface area contributed by atoms with E-state index in [1.54, 1.807) is 5.51 Å². The summed E-state index contributed by atoms with van der Waals surface area (Å²) in [5.74, 6) is 0.596. The minimum Gasteiger partial charge on any atom is -0.350 e. The van der Waals surface area contributed by atoms with Crippen LogP contribution in [-0.4, -0.2) is 22.3 Å². The average Bonchev–Trinajstić information content (AvgIpc) is 2.74. The van der Waals surface area contributed by atoms with Crippen molar-refractivity contribution in [3.63, 3.8) is 0 Å². The zero-order valence-electron chi connectivity index (χ0n) is 10.5. The molecule has 1 heterocycles. The van der Waals surface area contributed by atoms with E-state index in [4.69, 9.17) is 0 Å². The molecule has 17 heavy (non-hydrogen) atoms. The third kappa shape index (κ3) is 4.07. The monoisotopic (exact) mass is 318 g/mol. The number of aromatic nitrogens is 1. The van der Waals surface area contributed by atoms with E-state index in [0.717, 1.165) is 18.5 Å². The van der Waals surface area contributed by atoms with Crippen molar-refractivity contribution in [3.05, 3.63) is 16.1 Å². The second-order valence-corrected chi connectivity index (χ2v) is 6.10. The van der Waals surface area contributed by atoms with Gasteiger partial charge in [-0.15, -0.1) is 11.3 Å². The number of amides is 1. The SMILES string of the molecule is CCC(CC)C(Br)CNC(=O)c1scnc1C. The van der Waals surface area contributed by atoms with Gasteiger partial charge in [-0.1, -0.05) is 42.6 Å². The molecule has 1 amide bonds. The molecular formula is C12H19BrN2OS. The van der Waals surface area contributed by atoms with E-state index in [1.807, 2.05) is 6.92 Å². The van der Waals surface area contributed by atoms with Gasteiger partial charge in [0.05, 0.1) is 11.2 Å². The van der Waals surface area contributed by atoms with Gasteiger partial charge in [0.15, 0.2) is 0 Å². The normalized spacial score (nSPS) is 12.8. The molecule has 0 aliphatic rings. The van der Waals surface area contributed by atoms with E-state index in [0.29, 0.717) is 22.2 Å². The summed E-state index contributed by atoms with van der Waals surface area (Å²) in [4.78, 5) is 17.0. The summed E-state index contributed by atoms with van der Waals surface area (Å²) in [5.41, 5.74) is 2.51. The summed E-state index contributed by atoms with van der Waals surface area (Å²) in [6, 6.07) is 0. The van der Waals surface area contributed by atoms with Gasteiger partial charge in [-0.25, -0.2) is 4.98 Å². The number of hydrogen-bond acceptors (Lipinski definition) is 3. The van der Waals surface area contributed by atoms with Gasteiger partial charge < -0.3 is 5.32 Å². The van der Waals surface area contributed by atoms with Crippen LogP contribution in [0.1, 0.15) is 42.1 Å². The highest BCUT2D eigenvalue weighted by atomic mass is 79.9. The predicted molar refractivity (Wildman–Crippen MR) is 76.0 cm³/mol. The fourth-order valence-corrected chi connectivity index (χ4v) is 3.39. The fourth-order valence-electron chi connectivity index (χ4n) is 1.76. The third-order valence-electron chi connectivity index (χ3n) is 2.97. The molecule has 0 bridgehead atoms. The van der Waals surface area contributed by atoms with Gasteiger partial charge in [0.1, 0.15) is 4.88 Å². The van der Waals surface area contributed by atoms with E-state index in [-0.39, 0.29) is 5.91 Å². The summed E-state index contributed by atoms with van der Waals surface area (Å²) in [5, 5.41) is 2.96. The standard InChI is InChI=1S/C12H19BrN2OS/c1-4-9(5-2)10(13)6-14-12(16)11-8(3)15-7-17-11/h7,9-10H,4-6H2,1-3H3,(H,14,16). The smallest absolute Gasteiger partial charge is 0.263 e. The molecule has 0 saturated carbocycles. The number of alkyl halides is 1. The summed E-state index contributed by atoms with van der Waals surface area (Å²) in [6.07, 6.45) is 2.25. The minimum absolute atomic E-state index is 0.0135. The van der Waals surface area contributed by atoms with Crippen molar-refractivity contribution in [3.8, 4) is 0 Å². The topological polar surface area (TPSA) is 42.0 Å². The Kier molecular flexibility index (Phi) is 6.12. The van der Waals surface area contributed by atoms with Crippen LogP contribution in [0.25, 0.3) is 0 Å². The van der Waals surface area contributed by atoms with Crippen molar-refractivity contribution in [1.29, 1.82) is 0 Å². The Balaban J connectivity index is 2.46. The molecule has 1 rings (SSSR count). The quantitative estimate of drug-likeness (QED) is 0.817. The van der Waals surface area contributed by atoms with E-state index >= 15 is 0 Å². The van der Waals surface area contributed by atoms with Gasteiger partial charge in [-0.3, -0.25) is 4.79 Å². The van der Waals surface area contributed by atoms with Crippen LogP contribution in [0.5, 0.6) is 0 Å². The highest BCUT2D eigenvalue weighted by Crippen LogP contribution is 2.20. The van der Waals surface area contributed by atoms with E-state index in [1.165, 1.54) is 11.3 Å². The van der Waals surface area contributed by atoms with E-state index in [2.05, 4.69) is 40.1 Å². The molecule has 1 aromatic heterocycles. The van der Waals surface area contributed by atoms with Crippen molar-refractivity contribution < 1.29 is 4.79 Å². The van der Waals surface area contributed by atoms with Crippen molar-refractivity contribution in [2.75, 3.05) is 6.54 Å². The molecule has 0 fully saturated rings. The molecule has 0 radical (unpaired) electrons. The second kappa shape index (κ2) is 7.11. The Bertz CT molecular complexity index is 363. The van der Waals surface area contributed by atoms with Crippen LogP contribution >= 0.6 is 27.3 Å². The van der Waals surface area contributed by atoms with Crippen LogP contribution in [-0.2, 0) is 0 Å². The maximum atomic E-state index is 11.9. The first kappa shape index (κ1) is 14.6. The summed E-state index contributed by atoms with van der Waals surface area (Å²) in [7, 11) is 0. The number of nitrogens with one attached hydrogen (secondary N) is 1. The molecule has 0 saturated heterocycles. The molecule has 1 N–H and O–H groups in total. The average molecular weight is 319 g/mol. The van der Waals surface area contributed by atoms with Crippen LogP contribution < -0.4 is 5.32 Å². The molecular weight excluding hydrogens is 300 g/mol.